The predicted molar refractivity (Wildman–Crippen MR) is 79.4 cm³/mol. The lowest BCUT2D eigenvalue weighted by Gasteiger charge is -2.12. The molecule has 2 aromatic heterocycles. The van der Waals surface area contributed by atoms with Gasteiger partial charge in [0.05, 0.1) is 22.4 Å². The third kappa shape index (κ3) is 2.08. The number of hydrogen-bond acceptors (Lipinski definition) is 3. The number of amides is 1. The van der Waals surface area contributed by atoms with Crippen LogP contribution in [-0.2, 0) is 12.8 Å². The number of rotatable bonds is 1. The van der Waals surface area contributed by atoms with Gasteiger partial charge >= 0.3 is 6.03 Å². The van der Waals surface area contributed by atoms with Crippen LogP contribution < -0.4 is 5.32 Å². The van der Waals surface area contributed by atoms with Gasteiger partial charge in [-0.2, -0.15) is 0 Å². The Hall–Kier alpha value is -2.63. The SMILES string of the molecule is O=C(Nc1nc2ccccc2[nH]1)n1cnc2c1CCCC2. The first kappa shape index (κ1) is 12.1. The van der Waals surface area contributed by atoms with E-state index in [9.17, 15) is 4.79 Å². The van der Waals surface area contributed by atoms with E-state index in [1.165, 1.54) is 0 Å². The topological polar surface area (TPSA) is 75.6 Å². The second-order valence-corrected chi connectivity index (χ2v) is 5.25. The Morgan fingerprint density at radius 3 is 3.00 bits per heavy atom. The molecule has 21 heavy (non-hydrogen) atoms. The maximum Gasteiger partial charge on any atom is 0.333 e. The first-order chi connectivity index (χ1) is 10.3. The Morgan fingerprint density at radius 2 is 2.10 bits per heavy atom. The molecule has 0 unspecified atom stereocenters. The third-order valence-corrected chi connectivity index (χ3v) is 3.86. The van der Waals surface area contributed by atoms with Crippen LogP contribution in [0.3, 0.4) is 0 Å². The smallest absolute Gasteiger partial charge is 0.324 e. The molecule has 0 radical (unpaired) electrons. The third-order valence-electron chi connectivity index (χ3n) is 3.86. The lowest BCUT2D eigenvalue weighted by atomic mass is 10.0. The number of benzene rings is 1. The van der Waals surface area contributed by atoms with E-state index in [2.05, 4.69) is 20.3 Å². The summed E-state index contributed by atoms with van der Waals surface area (Å²) in [6, 6.07) is 7.46. The lowest BCUT2D eigenvalue weighted by Crippen LogP contribution is -2.22. The van der Waals surface area contributed by atoms with Gasteiger partial charge < -0.3 is 4.98 Å². The van der Waals surface area contributed by atoms with Gasteiger partial charge in [0.1, 0.15) is 6.33 Å². The van der Waals surface area contributed by atoms with E-state index < -0.39 is 0 Å². The van der Waals surface area contributed by atoms with E-state index in [0.717, 1.165) is 48.1 Å². The number of carbonyl (C=O) groups excluding carboxylic acids is 1. The predicted octanol–water partition coefficient (Wildman–Crippen LogP) is 2.72. The van der Waals surface area contributed by atoms with Gasteiger partial charge in [-0.3, -0.25) is 9.88 Å². The number of aryl methyl sites for hydroxylation is 1. The fraction of sp³-hybridized carbons (Fsp3) is 0.267. The monoisotopic (exact) mass is 281 g/mol. The molecule has 1 amide bonds. The number of nitrogens with zero attached hydrogens (tertiary/aromatic N) is 3. The second-order valence-electron chi connectivity index (χ2n) is 5.25. The minimum atomic E-state index is -0.218. The Labute approximate surface area is 121 Å². The van der Waals surface area contributed by atoms with Crippen molar-refractivity contribution >= 4 is 23.0 Å². The van der Waals surface area contributed by atoms with Crippen molar-refractivity contribution in [3.8, 4) is 0 Å². The molecule has 0 atom stereocenters. The highest BCUT2D eigenvalue weighted by molar-refractivity contribution is 5.91. The van der Waals surface area contributed by atoms with Crippen LogP contribution in [0.1, 0.15) is 24.2 Å². The van der Waals surface area contributed by atoms with Crippen LogP contribution in [0, 0.1) is 0 Å². The van der Waals surface area contributed by atoms with Crippen molar-refractivity contribution in [3.63, 3.8) is 0 Å². The minimum Gasteiger partial charge on any atom is -0.324 e. The van der Waals surface area contributed by atoms with Crippen LogP contribution in [0.25, 0.3) is 11.0 Å². The number of H-pyrrole nitrogens is 1. The Morgan fingerprint density at radius 1 is 1.24 bits per heavy atom. The number of aromatic amines is 1. The highest BCUT2D eigenvalue weighted by Gasteiger charge is 2.19. The molecule has 2 heterocycles. The molecule has 106 valence electrons. The number of aromatic nitrogens is 4. The van der Waals surface area contributed by atoms with E-state index in [1.807, 2.05) is 24.3 Å². The molecule has 0 bridgehead atoms. The largest absolute Gasteiger partial charge is 0.333 e. The summed E-state index contributed by atoms with van der Waals surface area (Å²) in [5.74, 6) is 0.458. The van der Waals surface area contributed by atoms with Gasteiger partial charge in [0.15, 0.2) is 0 Å². The number of anilines is 1. The molecule has 6 nitrogen and oxygen atoms in total. The zero-order chi connectivity index (χ0) is 14.2. The minimum absolute atomic E-state index is 0.218. The van der Waals surface area contributed by atoms with Crippen LogP contribution in [0.5, 0.6) is 0 Å². The molecule has 0 spiro atoms. The number of fused-ring (bicyclic) bond motifs is 2. The summed E-state index contributed by atoms with van der Waals surface area (Å²) >= 11 is 0. The zero-order valence-corrected chi connectivity index (χ0v) is 11.5. The molecule has 2 N–H and O–H groups in total. The van der Waals surface area contributed by atoms with Crippen LogP contribution in [0.4, 0.5) is 10.7 Å². The summed E-state index contributed by atoms with van der Waals surface area (Å²) < 4.78 is 1.60. The van der Waals surface area contributed by atoms with Crippen molar-refractivity contribution in [2.45, 2.75) is 25.7 Å². The van der Waals surface area contributed by atoms with E-state index in [-0.39, 0.29) is 6.03 Å². The number of nitrogens with one attached hydrogen (secondary N) is 2. The quantitative estimate of drug-likeness (QED) is 0.720. The summed E-state index contributed by atoms with van der Waals surface area (Å²) in [4.78, 5) is 24.2. The van der Waals surface area contributed by atoms with E-state index in [0.29, 0.717) is 5.95 Å². The number of hydrogen-bond donors (Lipinski definition) is 2. The van der Waals surface area contributed by atoms with Gasteiger partial charge in [-0.25, -0.2) is 14.8 Å². The molecule has 1 aliphatic carbocycles. The van der Waals surface area contributed by atoms with Gasteiger partial charge in [-0.15, -0.1) is 0 Å². The maximum absolute atomic E-state index is 12.4. The van der Waals surface area contributed by atoms with Gasteiger partial charge in [-0.05, 0) is 37.8 Å². The Kier molecular flexibility index (Phi) is 2.73. The van der Waals surface area contributed by atoms with Gasteiger partial charge in [0, 0.05) is 0 Å². The van der Waals surface area contributed by atoms with Crippen LogP contribution >= 0.6 is 0 Å². The van der Waals surface area contributed by atoms with Gasteiger partial charge in [0.25, 0.3) is 0 Å². The standard InChI is InChI=1S/C15H15N5O/c21-15(20-9-16-12-7-3-4-8-13(12)20)19-14-17-10-5-1-2-6-11(10)18-14/h1-2,5-6,9H,3-4,7-8H2,(H2,17,18,19,21). The van der Waals surface area contributed by atoms with E-state index >= 15 is 0 Å². The highest BCUT2D eigenvalue weighted by atomic mass is 16.2. The summed E-state index contributed by atoms with van der Waals surface area (Å²) in [6.45, 7) is 0. The molecule has 0 saturated carbocycles. The molecule has 0 saturated heterocycles. The molecule has 1 aliphatic rings. The highest BCUT2D eigenvalue weighted by Crippen LogP contribution is 2.20. The zero-order valence-electron chi connectivity index (χ0n) is 11.5. The van der Waals surface area contributed by atoms with Crippen molar-refractivity contribution in [1.82, 2.24) is 19.5 Å². The summed E-state index contributed by atoms with van der Waals surface area (Å²) in [5, 5.41) is 2.80. The van der Waals surface area contributed by atoms with Crippen LogP contribution in [0.2, 0.25) is 0 Å². The molecule has 0 aliphatic heterocycles. The Bertz CT molecular complexity index is 783. The summed E-state index contributed by atoms with van der Waals surface area (Å²) in [7, 11) is 0. The first-order valence-corrected chi connectivity index (χ1v) is 7.12. The second kappa shape index (κ2) is 4.73. The molecule has 1 aromatic carbocycles. The fourth-order valence-corrected chi connectivity index (χ4v) is 2.82. The first-order valence-electron chi connectivity index (χ1n) is 7.12. The molecule has 4 rings (SSSR count). The lowest BCUT2D eigenvalue weighted by molar-refractivity contribution is 0.252. The number of carbonyl (C=O) groups is 1. The van der Waals surface area contributed by atoms with Crippen molar-refractivity contribution in [1.29, 1.82) is 0 Å². The maximum atomic E-state index is 12.4. The van der Waals surface area contributed by atoms with Gasteiger partial charge in [-0.1, -0.05) is 12.1 Å². The van der Waals surface area contributed by atoms with Crippen molar-refractivity contribution in [2.24, 2.45) is 0 Å². The average molecular weight is 281 g/mol. The van der Waals surface area contributed by atoms with Crippen LogP contribution in [-0.4, -0.2) is 25.6 Å². The summed E-state index contributed by atoms with van der Waals surface area (Å²) in [6.07, 6.45) is 5.73. The molecular formula is C15H15N5O. The Balaban J connectivity index is 1.62. The van der Waals surface area contributed by atoms with Crippen molar-refractivity contribution in [2.75, 3.05) is 5.32 Å². The normalized spacial score (nSPS) is 14.1. The molecule has 0 fully saturated rings. The average Bonchev–Trinajstić information content (AvgIpc) is 3.10. The van der Waals surface area contributed by atoms with Crippen molar-refractivity contribution < 1.29 is 4.79 Å². The van der Waals surface area contributed by atoms with E-state index in [4.69, 9.17) is 0 Å². The number of imidazole rings is 2. The molecule has 3 aromatic rings. The molecular weight excluding hydrogens is 266 g/mol. The molecule has 6 heteroatoms. The number of para-hydroxylation sites is 2. The summed E-state index contributed by atoms with van der Waals surface area (Å²) in [5.41, 5.74) is 3.80. The van der Waals surface area contributed by atoms with Crippen molar-refractivity contribution in [3.05, 3.63) is 42.0 Å². The van der Waals surface area contributed by atoms with Crippen LogP contribution in [0.15, 0.2) is 30.6 Å². The van der Waals surface area contributed by atoms with E-state index in [1.54, 1.807) is 10.9 Å². The van der Waals surface area contributed by atoms with Gasteiger partial charge in [0.2, 0.25) is 5.95 Å². The fourth-order valence-electron chi connectivity index (χ4n) is 2.82.